The van der Waals surface area contributed by atoms with Crippen LogP contribution < -0.4 is 10.2 Å². The Morgan fingerprint density at radius 2 is 1.91 bits per heavy atom. The van der Waals surface area contributed by atoms with Crippen LogP contribution in [0.5, 0.6) is 0 Å². The number of hydrogen-bond acceptors (Lipinski definition) is 3. The van der Waals surface area contributed by atoms with Gasteiger partial charge in [0.15, 0.2) is 0 Å². The molecule has 0 fully saturated rings. The van der Waals surface area contributed by atoms with Gasteiger partial charge in [0.1, 0.15) is 5.82 Å². The standard InChI is InChI=1S/C17H14FN3O2/c1-21-15-8-4-6-11(12-5-2-3-7-14(12)18)13(15)9-19-16(17(21)23)20-10-22/h2-10,16H,1H3,(H,20,22). The van der Waals surface area contributed by atoms with Crippen LogP contribution in [0, 0.1) is 5.82 Å². The average molecular weight is 311 g/mol. The molecule has 0 spiro atoms. The summed E-state index contributed by atoms with van der Waals surface area (Å²) in [7, 11) is 1.60. The molecule has 1 atom stereocenters. The van der Waals surface area contributed by atoms with Crippen LogP contribution in [0.3, 0.4) is 0 Å². The van der Waals surface area contributed by atoms with Crippen molar-refractivity contribution in [1.29, 1.82) is 0 Å². The second-order valence-corrected chi connectivity index (χ2v) is 5.08. The van der Waals surface area contributed by atoms with Crippen molar-refractivity contribution in [1.82, 2.24) is 5.32 Å². The summed E-state index contributed by atoms with van der Waals surface area (Å²) in [4.78, 5) is 28.5. The highest BCUT2D eigenvalue weighted by atomic mass is 19.1. The van der Waals surface area contributed by atoms with E-state index in [9.17, 15) is 14.0 Å². The molecule has 2 aromatic carbocycles. The van der Waals surface area contributed by atoms with Crippen molar-refractivity contribution in [3.05, 3.63) is 53.8 Å². The summed E-state index contributed by atoms with van der Waals surface area (Å²) in [5, 5.41) is 2.37. The number of hydrogen-bond donors (Lipinski definition) is 1. The van der Waals surface area contributed by atoms with E-state index in [2.05, 4.69) is 10.3 Å². The molecular formula is C17H14FN3O2. The molecule has 1 heterocycles. The van der Waals surface area contributed by atoms with Gasteiger partial charge in [0.25, 0.3) is 5.91 Å². The lowest BCUT2D eigenvalue weighted by molar-refractivity contribution is -0.122. The van der Waals surface area contributed by atoms with Gasteiger partial charge in [0.2, 0.25) is 12.6 Å². The number of amides is 2. The number of carbonyl (C=O) groups excluding carboxylic acids is 2. The van der Waals surface area contributed by atoms with E-state index in [0.29, 0.717) is 28.8 Å². The van der Waals surface area contributed by atoms with Crippen molar-refractivity contribution in [3.63, 3.8) is 0 Å². The van der Waals surface area contributed by atoms with E-state index in [1.54, 1.807) is 43.4 Å². The number of aliphatic imine (C=N–C) groups is 1. The summed E-state index contributed by atoms with van der Waals surface area (Å²) in [6, 6.07) is 11.7. The molecule has 1 unspecified atom stereocenters. The number of likely N-dealkylation sites (N-methyl/N-ethyl adjacent to an activating group) is 1. The Hall–Kier alpha value is -3.02. The van der Waals surface area contributed by atoms with E-state index in [-0.39, 0.29) is 11.7 Å². The second kappa shape index (κ2) is 6.00. The number of anilines is 1. The fourth-order valence-corrected chi connectivity index (χ4v) is 2.59. The highest BCUT2D eigenvalue weighted by Gasteiger charge is 2.27. The molecule has 0 aromatic heterocycles. The number of halogens is 1. The van der Waals surface area contributed by atoms with Gasteiger partial charge in [-0.3, -0.25) is 14.6 Å². The third kappa shape index (κ3) is 2.59. The maximum atomic E-state index is 14.1. The third-order valence-corrected chi connectivity index (χ3v) is 3.75. The lowest BCUT2D eigenvalue weighted by Crippen LogP contribution is -2.42. The lowest BCUT2D eigenvalue weighted by atomic mass is 9.98. The quantitative estimate of drug-likeness (QED) is 0.881. The minimum Gasteiger partial charge on any atom is -0.329 e. The van der Waals surface area contributed by atoms with Crippen LogP contribution in [0.2, 0.25) is 0 Å². The fraction of sp³-hybridized carbons (Fsp3) is 0.118. The van der Waals surface area contributed by atoms with Crippen molar-refractivity contribution in [2.75, 3.05) is 11.9 Å². The van der Waals surface area contributed by atoms with Gasteiger partial charge >= 0.3 is 0 Å². The van der Waals surface area contributed by atoms with E-state index in [1.165, 1.54) is 17.2 Å². The number of carbonyl (C=O) groups is 2. The van der Waals surface area contributed by atoms with Gasteiger partial charge in [-0.25, -0.2) is 4.39 Å². The molecule has 1 aliphatic rings. The zero-order valence-corrected chi connectivity index (χ0v) is 12.4. The van der Waals surface area contributed by atoms with E-state index in [4.69, 9.17) is 0 Å². The van der Waals surface area contributed by atoms with Crippen molar-refractivity contribution in [2.24, 2.45) is 4.99 Å². The molecule has 0 bridgehead atoms. The van der Waals surface area contributed by atoms with E-state index < -0.39 is 6.17 Å². The number of benzene rings is 2. The highest BCUT2D eigenvalue weighted by Crippen LogP contribution is 2.32. The maximum Gasteiger partial charge on any atom is 0.271 e. The first kappa shape index (κ1) is 14.9. The largest absolute Gasteiger partial charge is 0.329 e. The Labute approximate surface area is 132 Å². The summed E-state index contributed by atoms with van der Waals surface area (Å²) in [5.41, 5.74) is 2.30. The van der Waals surface area contributed by atoms with E-state index >= 15 is 0 Å². The Morgan fingerprint density at radius 1 is 1.17 bits per heavy atom. The van der Waals surface area contributed by atoms with Gasteiger partial charge in [0, 0.05) is 24.4 Å². The van der Waals surface area contributed by atoms with Gasteiger partial charge < -0.3 is 10.2 Å². The van der Waals surface area contributed by atoms with Gasteiger partial charge in [-0.1, -0.05) is 30.3 Å². The van der Waals surface area contributed by atoms with Crippen LogP contribution in [-0.2, 0) is 9.59 Å². The zero-order valence-electron chi connectivity index (χ0n) is 12.4. The molecular weight excluding hydrogens is 297 g/mol. The molecule has 1 aliphatic heterocycles. The predicted octanol–water partition coefficient (Wildman–Crippen LogP) is 1.96. The number of nitrogens with one attached hydrogen (secondary N) is 1. The molecule has 2 amide bonds. The Kier molecular flexibility index (Phi) is 3.89. The minimum atomic E-state index is -0.988. The maximum absolute atomic E-state index is 14.1. The van der Waals surface area contributed by atoms with Gasteiger partial charge in [-0.15, -0.1) is 0 Å². The molecule has 0 saturated heterocycles. The Morgan fingerprint density at radius 3 is 2.65 bits per heavy atom. The molecule has 2 aromatic rings. The first-order valence-electron chi connectivity index (χ1n) is 7.02. The van der Waals surface area contributed by atoms with Crippen LogP contribution in [0.4, 0.5) is 10.1 Å². The smallest absolute Gasteiger partial charge is 0.271 e. The first-order valence-corrected chi connectivity index (χ1v) is 7.02. The third-order valence-electron chi connectivity index (χ3n) is 3.75. The molecule has 1 N–H and O–H groups in total. The molecule has 0 aliphatic carbocycles. The first-order chi connectivity index (χ1) is 11.1. The topological polar surface area (TPSA) is 61.8 Å². The Bertz CT molecular complexity index is 804. The van der Waals surface area contributed by atoms with Crippen molar-refractivity contribution >= 4 is 24.2 Å². The van der Waals surface area contributed by atoms with Crippen LogP contribution in [0.15, 0.2) is 47.5 Å². The molecule has 23 heavy (non-hydrogen) atoms. The van der Waals surface area contributed by atoms with E-state index in [0.717, 1.165) is 0 Å². The molecule has 0 radical (unpaired) electrons. The number of fused-ring (bicyclic) bond motifs is 1. The molecule has 6 heteroatoms. The summed E-state index contributed by atoms with van der Waals surface area (Å²) >= 11 is 0. The van der Waals surface area contributed by atoms with Crippen LogP contribution in [-0.4, -0.2) is 31.7 Å². The summed E-state index contributed by atoms with van der Waals surface area (Å²) in [5.74, 6) is -0.715. The number of benzodiazepines with no additional fused rings is 1. The highest BCUT2D eigenvalue weighted by molar-refractivity contribution is 6.08. The van der Waals surface area contributed by atoms with Crippen LogP contribution in [0.1, 0.15) is 5.56 Å². The van der Waals surface area contributed by atoms with Gasteiger partial charge in [-0.05, 0) is 17.7 Å². The average Bonchev–Trinajstić information content (AvgIpc) is 2.68. The Balaban J connectivity index is 2.18. The molecule has 116 valence electrons. The predicted molar refractivity (Wildman–Crippen MR) is 85.8 cm³/mol. The summed E-state index contributed by atoms with van der Waals surface area (Å²) in [6.45, 7) is 0. The number of nitrogens with zero attached hydrogens (tertiary/aromatic N) is 2. The van der Waals surface area contributed by atoms with Crippen molar-refractivity contribution in [2.45, 2.75) is 6.17 Å². The lowest BCUT2D eigenvalue weighted by Gasteiger charge is -2.21. The van der Waals surface area contributed by atoms with Gasteiger partial charge in [-0.2, -0.15) is 0 Å². The molecule has 3 rings (SSSR count). The summed E-state index contributed by atoms with van der Waals surface area (Å²) < 4.78 is 14.1. The zero-order chi connectivity index (χ0) is 16.4. The van der Waals surface area contributed by atoms with Crippen LogP contribution in [0.25, 0.3) is 11.1 Å². The van der Waals surface area contributed by atoms with Gasteiger partial charge in [0.05, 0.1) is 5.69 Å². The summed E-state index contributed by atoms with van der Waals surface area (Å²) in [6.07, 6.45) is 0.944. The van der Waals surface area contributed by atoms with Crippen molar-refractivity contribution < 1.29 is 14.0 Å². The minimum absolute atomic E-state index is 0.352. The number of rotatable bonds is 3. The van der Waals surface area contributed by atoms with E-state index in [1.807, 2.05) is 0 Å². The SMILES string of the molecule is CN1C(=O)C(NC=O)N=Cc2c(-c3ccccc3F)cccc21. The monoisotopic (exact) mass is 311 g/mol. The molecule has 5 nitrogen and oxygen atoms in total. The van der Waals surface area contributed by atoms with Crippen LogP contribution >= 0.6 is 0 Å². The van der Waals surface area contributed by atoms with Crippen molar-refractivity contribution in [3.8, 4) is 11.1 Å². The normalized spacial score (nSPS) is 16.7. The molecule has 0 saturated carbocycles. The second-order valence-electron chi connectivity index (χ2n) is 5.08. The fourth-order valence-electron chi connectivity index (χ4n) is 2.59.